The van der Waals surface area contributed by atoms with Crippen molar-refractivity contribution in [1.29, 1.82) is 0 Å². The van der Waals surface area contributed by atoms with Crippen LogP contribution < -0.4 is 5.32 Å². The Morgan fingerprint density at radius 3 is 2.90 bits per heavy atom. The van der Waals surface area contributed by atoms with Gasteiger partial charge in [-0.25, -0.2) is 0 Å². The van der Waals surface area contributed by atoms with E-state index in [2.05, 4.69) is 17.2 Å². The van der Waals surface area contributed by atoms with Crippen molar-refractivity contribution in [2.24, 2.45) is 5.92 Å². The molecule has 0 saturated heterocycles. The van der Waals surface area contributed by atoms with E-state index in [4.69, 9.17) is 0 Å². The average molecular weight is 271 g/mol. The van der Waals surface area contributed by atoms with Crippen LogP contribution in [0.2, 0.25) is 0 Å². The van der Waals surface area contributed by atoms with E-state index in [0.717, 1.165) is 24.4 Å². The first-order valence-electron chi connectivity index (χ1n) is 6.94. The smallest absolute Gasteiger partial charge is 0.278 e. The predicted octanol–water partition coefficient (Wildman–Crippen LogP) is 3.74. The molecule has 2 aromatic rings. The summed E-state index contributed by atoms with van der Waals surface area (Å²) >= 11 is 0. The fourth-order valence-corrected chi connectivity index (χ4v) is 2.99. The molecule has 1 aromatic carbocycles. The van der Waals surface area contributed by atoms with Gasteiger partial charge in [-0.15, -0.1) is 0 Å². The number of anilines is 1. The lowest BCUT2D eigenvalue weighted by Gasteiger charge is -2.15. The lowest BCUT2D eigenvalue weighted by molar-refractivity contribution is -0.383. The maximum Gasteiger partial charge on any atom is 0.278 e. The molecule has 1 aliphatic rings. The number of rotatable bonds is 3. The third kappa shape index (κ3) is 2.31. The van der Waals surface area contributed by atoms with Crippen molar-refractivity contribution in [3.8, 4) is 0 Å². The van der Waals surface area contributed by atoms with Crippen molar-refractivity contribution >= 4 is 22.3 Å². The summed E-state index contributed by atoms with van der Waals surface area (Å²) in [6.07, 6.45) is 5.20. The summed E-state index contributed by atoms with van der Waals surface area (Å²) in [6, 6.07) is 7.26. The van der Waals surface area contributed by atoms with Crippen LogP contribution in [0.1, 0.15) is 26.2 Å². The summed E-state index contributed by atoms with van der Waals surface area (Å²) in [5.41, 5.74) is 1.69. The highest BCUT2D eigenvalue weighted by Crippen LogP contribution is 2.33. The largest absolute Gasteiger partial charge is 0.381 e. The fourth-order valence-electron chi connectivity index (χ4n) is 2.99. The monoisotopic (exact) mass is 271 g/mol. The predicted molar refractivity (Wildman–Crippen MR) is 78.8 cm³/mol. The SMILES string of the molecule is CC1CCC(Nc2ccc([N+](=O)[O-])c3cccnc23)C1. The number of nitro benzene ring substituents is 1. The van der Waals surface area contributed by atoms with Crippen LogP contribution in [0, 0.1) is 16.0 Å². The van der Waals surface area contributed by atoms with Crippen LogP contribution >= 0.6 is 0 Å². The van der Waals surface area contributed by atoms with Gasteiger partial charge in [0.15, 0.2) is 0 Å². The van der Waals surface area contributed by atoms with Crippen molar-refractivity contribution in [2.75, 3.05) is 5.32 Å². The van der Waals surface area contributed by atoms with Crippen LogP contribution in [0.25, 0.3) is 10.9 Å². The van der Waals surface area contributed by atoms with Gasteiger partial charge < -0.3 is 5.32 Å². The lowest BCUT2D eigenvalue weighted by Crippen LogP contribution is -2.15. The molecule has 0 radical (unpaired) electrons. The van der Waals surface area contributed by atoms with Gasteiger partial charge >= 0.3 is 0 Å². The minimum atomic E-state index is -0.356. The van der Waals surface area contributed by atoms with Gasteiger partial charge in [0.1, 0.15) is 5.52 Å². The maximum atomic E-state index is 11.1. The summed E-state index contributed by atoms with van der Waals surface area (Å²) in [4.78, 5) is 15.0. The van der Waals surface area contributed by atoms with E-state index in [-0.39, 0.29) is 10.6 Å². The number of nitrogens with zero attached hydrogens (tertiary/aromatic N) is 2. The van der Waals surface area contributed by atoms with Gasteiger partial charge in [-0.3, -0.25) is 15.1 Å². The first kappa shape index (κ1) is 12.8. The Balaban J connectivity index is 2.00. The second kappa shape index (κ2) is 5.07. The molecule has 1 aliphatic carbocycles. The summed E-state index contributed by atoms with van der Waals surface area (Å²) < 4.78 is 0. The summed E-state index contributed by atoms with van der Waals surface area (Å²) in [5.74, 6) is 0.741. The standard InChI is InChI=1S/C15H17N3O2/c1-10-4-5-11(9-10)17-13-6-7-14(18(19)20)12-3-2-8-16-15(12)13/h2-3,6-8,10-11,17H,4-5,9H2,1H3. The number of hydrogen-bond donors (Lipinski definition) is 1. The Hall–Kier alpha value is -2.17. The highest BCUT2D eigenvalue weighted by atomic mass is 16.6. The third-order valence-corrected chi connectivity index (χ3v) is 4.00. The van der Waals surface area contributed by atoms with E-state index in [1.165, 1.54) is 6.42 Å². The van der Waals surface area contributed by atoms with Crippen LogP contribution in [0.5, 0.6) is 0 Å². The van der Waals surface area contributed by atoms with Gasteiger partial charge in [-0.1, -0.05) is 6.92 Å². The summed E-state index contributed by atoms with van der Waals surface area (Å²) in [5, 5.41) is 15.2. The molecule has 2 atom stereocenters. The van der Waals surface area contributed by atoms with Gasteiger partial charge in [0.2, 0.25) is 0 Å². The molecule has 1 heterocycles. The van der Waals surface area contributed by atoms with E-state index >= 15 is 0 Å². The minimum Gasteiger partial charge on any atom is -0.381 e. The first-order valence-corrected chi connectivity index (χ1v) is 6.94. The number of pyridine rings is 1. The molecule has 1 saturated carbocycles. The molecule has 0 amide bonds. The number of nitrogens with one attached hydrogen (secondary N) is 1. The van der Waals surface area contributed by atoms with Gasteiger partial charge in [0.05, 0.1) is 16.0 Å². The zero-order valence-corrected chi connectivity index (χ0v) is 11.4. The highest BCUT2D eigenvalue weighted by Gasteiger charge is 2.22. The molecule has 1 aromatic heterocycles. The Labute approximate surface area is 117 Å². The molecular weight excluding hydrogens is 254 g/mol. The Bertz CT molecular complexity index is 657. The molecule has 2 unspecified atom stereocenters. The number of fused-ring (bicyclic) bond motifs is 1. The van der Waals surface area contributed by atoms with E-state index in [1.807, 2.05) is 0 Å². The van der Waals surface area contributed by atoms with Gasteiger partial charge in [-0.05, 0) is 43.4 Å². The second-order valence-electron chi connectivity index (χ2n) is 5.55. The molecule has 0 spiro atoms. The van der Waals surface area contributed by atoms with Crippen LogP contribution in [-0.4, -0.2) is 15.9 Å². The van der Waals surface area contributed by atoms with E-state index < -0.39 is 0 Å². The van der Waals surface area contributed by atoms with E-state index in [0.29, 0.717) is 16.9 Å². The van der Waals surface area contributed by atoms with Crippen LogP contribution in [0.3, 0.4) is 0 Å². The Morgan fingerprint density at radius 1 is 1.35 bits per heavy atom. The Morgan fingerprint density at radius 2 is 2.20 bits per heavy atom. The van der Waals surface area contributed by atoms with Crippen molar-refractivity contribution in [1.82, 2.24) is 4.98 Å². The zero-order chi connectivity index (χ0) is 14.1. The highest BCUT2D eigenvalue weighted by molar-refractivity contribution is 5.96. The van der Waals surface area contributed by atoms with Crippen molar-refractivity contribution < 1.29 is 4.92 Å². The van der Waals surface area contributed by atoms with E-state index in [1.54, 1.807) is 30.5 Å². The molecule has 104 valence electrons. The number of benzene rings is 1. The normalized spacial score (nSPS) is 22.1. The lowest BCUT2D eigenvalue weighted by atomic mass is 10.1. The van der Waals surface area contributed by atoms with Gasteiger partial charge in [0.25, 0.3) is 5.69 Å². The second-order valence-corrected chi connectivity index (χ2v) is 5.55. The molecule has 5 nitrogen and oxygen atoms in total. The topological polar surface area (TPSA) is 68.1 Å². The molecule has 1 fully saturated rings. The van der Waals surface area contributed by atoms with Gasteiger partial charge in [-0.2, -0.15) is 0 Å². The number of nitro groups is 1. The molecular formula is C15H17N3O2. The number of non-ortho nitro benzene ring substituents is 1. The molecule has 3 rings (SSSR count). The number of aromatic nitrogens is 1. The first-order chi connectivity index (χ1) is 9.65. The Kier molecular flexibility index (Phi) is 3.26. The summed E-state index contributed by atoms with van der Waals surface area (Å²) in [6.45, 7) is 2.26. The van der Waals surface area contributed by atoms with E-state index in [9.17, 15) is 10.1 Å². The van der Waals surface area contributed by atoms with Crippen LogP contribution in [0.15, 0.2) is 30.5 Å². The molecule has 0 bridgehead atoms. The third-order valence-electron chi connectivity index (χ3n) is 4.00. The zero-order valence-electron chi connectivity index (χ0n) is 11.4. The maximum absolute atomic E-state index is 11.1. The number of hydrogen-bond acceptors (Lipinski definition) is 4. The quantitative estimate of drug-likeness (QED) is 0.682. The minimum absolute atomic E-state index is 0.110. The molecule has 1 N–H and O–H groups in total. The molecule has 20 heavy (non-hydrogen) atoms. The van der Waals surface area contributed by atoms with Crippen molar-refractivity contribution in [2.45, 2.75) is 32.2 Å². The average Bonchev–Trinajstić information content (AvgIpc) is 2.84. The van der Waals surface area contributed by atoms with Crippen molar-refractivity contribution in [3.05, 3.63) is 40.6 Å². The van der Waals surface area contributed by atoms with Crippen LogP contribution in [-0.2, 0) is 0 Å². The fraction of sp³-hybridized carbons (Fsp3) is 0.400. The van der Waals surface area contributed by atoms with Gasteiger partial charge in [0, 0.05) is 18.3 Å². The van der Waals surface area contributed by atoms with Crippen LogP contribution in [0.4, 0.5) is 11.4 Å². The van der Waals surface area contributed by atoms with Crippen molar-refractivity contribution in [3.63, 3.8) is 0 Å². The molecule has 5 heteroatoms. The summed E-state index contributed by atoms with van der Waals surface area (Å²) in [7, 11) is 0. The molecule has 0 aliphatic heterocycles.